The van der Waals surface area contributed by atoms with Crippen molar-refractivity contribution >= 4 is 18.9 Å². The quantitative estimate of drug-likeness (QED) is 0.572. The molecule has 1 aliphatic carbocycles. The van der Waals surface area contributed by atoms with Crippen LogP contribution in [0.4, 0.5) is 13.2 Å². The van der Waals surface area contributed by atoms with Crippen LogP contribution in [0, 0.1) is 5.41 Å². The Hall–Kier alpha value is -1.94. The van der Waals surface area contributed by atoms with Crippen LogP contribution in [0.15, 0.2) is 12.1 Å². The summed E-state index contributed by atoms with van der Waals surface area (Å²) in [5, 5.41) is 12.6. The number of amides is 1. The van der Waals surface area contributed by atoms with Gasteiger partial charge in [-0.05, 0) is 31.4 Å². The molecule has 161 valence electrons. The molecular weight excluding hydrogens is 390 g/mol. The lowest BCUT2D eigenvalue weighted by Crippen LogP contribution is -2.43. The van der Waals surface area contributed by atoms with Gasteiger partial charge in [-0.1, -0.05) is 13.8 Å². The van der Waals surface area contributed by atoms with Gasteiger partial charge in [0.2, 0.25) is 0 Å². The van der Waals surface area contributed by atoms with Crippen LogP contribution >= 0.6 is 0 Å². The molecule has 29 heavy (non-hydrogen) atoms. The van der Waals surface area contributed by atoms with E-state index in [9.17, 15) is 23.1 Å². The SMILES string of the molecule is COc1cc([B]OCC(C)(C)C(C)(C)O)cc(OC(F)F)c1C(=O)N[C@@H]1C[C@@H]1F. The Balaban J connectivity index is 2.22. The van der Waals surface area contributed by atoms with Gasteiger partial charge >= 0.3 is 14.1 Å². The number of alkyl halides is 3. The Kier molecular flexibility index (Phi) is 7.11. The number of ether oxygens (including phenoxy) is 2. The van der Waals surface area contributed by atoms with Crippen molar-refractivity contribution in [1.82, 2.24) is 5.32 Å². The lowest BCUT2D eigenvalue weighted by Gasteiger charge is -2.37. The van der Waals surface area contributed by atoms with Gasteiger partial charge in [0.05, 0.1) is 18.8 Å². The zero-order valence-corrected chi connectivity index (χ0v) is 17.1. The van der Waals surface area contributed by atoms with E-state index in [0.717, 1.165) is 0 Å². The van der Waals surface area contributed by atoms with Crippen LogP contribution in [0.2, 0.25) is 0 Å². The van der Waals surface area contributed by atoms with Gasteiger partial charge in [-0.15, -0.1) is 0 Å². The smallest absolute Gasteiger partial charge is 0.387 e. The van der Waals surface area contributed by atoms with Crippen LogP contribution in [0.3, 0.4) is 0 Å². The lowest BCUT2D eigenvalue weighted by molar-refractivity contribution is -0.0566. The Morgan fingerprint density at radius 3 is 2.38 bits per heavy atom. The molecule has 1 fully saturated rings. The summed E-state index contributed by atoms with van der Waals surface area (Å²) in [6, 6.07) is 1.98. The minimum atomic E-state index is -3.17. The van der Waals surface area contributed by atoms with Crippen molar-refractivity contribution in [1.29, 1.82) is 0 Å². The van der Waals surface area contributed by atoms with Gasteiger partial charge in [-0.3, -0.25) is 4.79 Å². The average Bonchev–Trinajstić information content (AvgIpc) is 3.26. The fraction of sp³-hybridized carbons (Fsp3) is 0.632. The van der Waals surface area contributed by atoms with Crippen LogP contribution < -0.4 is 20.3 Å². The van der Waals surface area contributed by atoms with Gasteiger partial charge < -0.3 is 24.6 Å². The van der Waals surface area contributed by atoms with Crippen molar-refractivity contribution in [2.24, 2.45) is 5.41 Å². The highest BCUT2D eigenvalue weighted by atomic mass is 19.3. The number of rotatable bonds is 10. The normalized spacial score (nSPS) is 19.1. The van der Waals surface area contributed by atoms with Gasteiger partial charge in [0.1, 0.15) is 23.2 Å². The third kappa shape index (κ3) is 6.02. The van der Waals surface area contributed by atoms with Crippen molar-refractivity contribution in [3.8, 4) is 11.5 Å². The Labute approximate surface area is 169 Å². The summed E-state index contributed by atoms with van der Waals surface area (Å²) in [6.45, 7) is 3.91. The largest absolute Gasteiger partial charge is 0.496 e. The van der Waals surface area contributed by atoms with Crippen LogP contribution in [0.1, 0.15) is 44.5 Å². The second-order valence-electron chi connectivity index (χ2n) is 8.18. The minimum absolute atomic E-state index is 0.0201. The summed E-state index contributed by atoms with van der Waals surface area (Å²) >= 11 is 0. The molecule has 0 spiro atoms. The highest BCUT2D eigenvalue weighted by Gasteiger charge is 2.40. The van der Waals surface area contributed by atoms with E-state index in [1.54, 1.807) is 13.8 Å². The van der Waals surface area contributed by atoms with Gasteiger partial charge in [-0.25, -0.2) is 4.39 Å². The number of hydrogen-bond donors (Lipinski definition) is 2. The maximum absolute atomic E-state index is 13.1. The first-order valence-corrected chi connectivity index (χ1v) is 9.14. The molecule has 0 aromatic heterocycles. The first-order chi connectivity index (χ1) is 13.4. The van der Waals surface area contributed by atoms with Crippen LogP contribution in [-0.2, 0) is 4.65 Å². The highest BCUT2D eigenvalue weighted by Crippen LogP contribution is 2.32. The molecule has 2 N–H and O–H groups in total. The predicted molar refractivity (Wildman–Crippen MR) is 102 cm³/mol. The first-order valence-electron chi connectivity index (χ1n) is 9.14. The van der Waals surface area contributed by atoms with Crippen molar-refractivity contribution in [3.63, 3.8) is 0 Å². The Bertz CT molecular complexity index is 739. The number of carbonyl (C=O) groups excluding carboxylic acids is 1. The predicted octanol–water partition coefficient (Wildman–Crippen LogP) is 2.20. The lowest BCUT2D eigenvalue weighted by atomic mass is 9.77. The number of halogens is 3. The second kappa shape index (κ2) is 8.83. The summed E-state index contributed by atoms with van der Waals surface area (Å²) in [7, 11) is 2.57. The zero-order valence-electron chi connectivity index (χ0n) is 17.1. The third-order valence-electron chi connectivity index (χ3n) is 5.10. The maximum atomic E-state index is 13.1. The van der Waals surface area contributed by atoms with Crippen molar-refractivity contribution in [2.45, 2.75) is 58.5 Å². The number of nitrogens with one attached hydrogen (secondary N) is 1. The molecule has 1 aliphatic rings. The van der Waals surface area contributed by atoms with E-state index >= 15 is 0 Å². The molecule has 0 saturated heterocycles. The molecule has 0 bridgehead atoms. The molecule has 2 atom stereocenters. The minimum Gasteiger partial charge on any atom is -0.496 e. The molecule has 6 nitrogen and oxygen atoms in total. The summed E-state index contributed by atoms with van der Waals surface area (Å²) < 4.78 is 54.0. The summed E-state index contributed by atoms with van der Waals surface area (Å²) in [4.78, 5) is 12.4. The Morgan fingerprint density at radius 2 is 1.90 bits per heavy atom. The molecule has 0 unspecified atom stereocenters. The molecule has 1 aromatic rings. The molecule has 0 heterocycles. The van der Waals surface area contributed by atoms with E-state index < -0.39 is 41.5 Å². The van der Waals surface area contributed by atoms with Crippen LogP contribution in [0.25, 0.3) is 0 Å². The average molecular weight is 416 g/mol. The van der Waals surface area contributed by atoms with Gasteiger partial charge in [0, 0.05) is 18.4 Å². The molecule has 1 radical (unpaired) electrons. The maximum Gasteiger partial charge on any atom is 0.387 e. The van der Waals surface area contributed by atoms with E-state index in [1.165, 1.54) is 26.7 Å². The van der Waals surface area contributed by atoms with Gasteiger partial charge in [0.25, 0.3) is 5.91 Å². The van der Waals surface area contributed by atoms with Crippen molar-refractivity contribution < 1.29 is 37.2 Å². The van der Waals surface area contributed by atoms with E-state index in [-0.39, 0.29) is 24.3 Å². The number of hydrogen-bond acceptors (Lipinski definition) is 5. The molecule has 1 saturated carbocycles. The molecule has 0 aliphatic heterocycles. The summed E-state index contributed by atoms with van der Waals surface area (Å²) in [5.41, 5.74) is -1.54. The Morgan fingerprint density at radius 1 is 1.31 bits per heavy atom. The number of aliphatic hydroxyl groups is 1. The third-order valence-corrected chi connectivity index (χ3v) is 5.10. The number of benzene rings is 1. The number of methoxy groups -OCH3 is 1. The molecule has 1 aromatic carbocycles. The van der Waals surface area contributed by atoms with Gasteiger partial charge in [-0.2, -0.15) is 8.78 Å². The topological polar surface area (TPSA) is 77.0 Å². The van der Waals surface area contributed by atoms with Gasteiger partial charge in [0.15, 0.2) is 0 Å². The van der Waals surface area contributed by atoms with E-state index in [2.05, 4.69) is 10.1 Å². The van der Waals surface area contributed by atoms with Crippen molar-refractivity contribution in [2.75, 3.05) is 13.7 Å². The standard InChI is InChI=1S/C19H26BF3NO5/c1-18(2,19(3,4)26)9-28-20-10-6-13(27-5)15(14(7-10)29-17(22)23)16(25)24-12-8-11(12)21/h6-7,11-12,17,26H,8-9H2,1-5H3,(H,24,25)/t11-,12+/m0/s1. The molecule has 10 heteroatoms. The first kappa shape index (κ1) is 23.3. The zero-order chi connectivity index (χ0) is 22.0. The van der Waals surface area contributed by atoms with Crippen LogP contribution in [0.5, 0.6) is 11.5 Å². The fourth-order valence-electron chi connectivity index (χ4n) is 2.33. The molecular formula is C19H26BF3NO5. The fourth-order valence-corrected chi connectivity index (χ4v) is 2.33. The highest BCUT2D eigenvalue weighted by molar-refractivity contribution is 6.47. The summed E-state index contributed by atoms with van der Waals surface area (Å²) in [6.07, 6.45) is -0.972. The monoisotopic (exact) mass is 416 g/mol. The van der Waals surface area contributed by atoms with E-state index in [0.29, 0.717) is 5.46 Å². The van der Waals surface area contributed by atoms with Crippen molar-refractivity contribution in [3.05, 3.63) is 17.7 Å². The summed E-state index contributed by atoms with van der Waals surface area (Å²) in [5.74, 6) is -1.20. The molecule has 2 rings (SSSR count). The van der Waals surface area contributed by atoms with E-state index in [1.807, 2.05) is 13.8 Å². The second-order valence-corrected chi connectivity index (χ2v) is 8.18. The van der Waals surface area contributed by atoms with E-state index in [4.69, 9.17) is 9.39 Å². The number of carbonyl (C=O) groups is 1. The van der Waals surface area contributed by atoms with Crippen LogP contribution in [-0.4, -0.2) is 56.6 Å². The molecule has 1 amide bonds.